The molecule has 0 spiro atoms. The molecule has 1 saturated heterocycles. The van der Waals surface area contributed by atoms with Crippen molar-refractivity contribution in [1.82, 2.24) is 10.2 Å². The zero-order valence-electron chi connectivity index (χ0n) is 33.9. The van der Waals surface area contributed by atoms with Crippen LogP contribution in [0.15, 0.2) is 66.2 Å². The molecule has 1 heterocycles. The summed E-state index contributed by atoms with van der Waals surface area (Å²) in [7, 11) is 1.58. The van der Waals surface area contributed by atoms with Crippen LogP contribution in [0.25, 0.3) is 0 Å². The Morgan fingerprint density at radius 2 is 1.61 bits per heavy atom. The second-order valence-corrected chi connectivity index (χ2v) is 17.2. The lowest BCUT2D eigenvalue weighted by Crippen LogP contribution is -2.53. The van der Waals surface area contributed by atoms with Crippen LogP contribution in [0, 0.1) is 3.57 Å². The van der Waals surface area contributed by atoms with Gasteiger partial charge in [-0.05, 0) is 98.5 Å². The molecule has 0 bridgehead atoms. The van der Waals surface area contributed by atoms with Gasteiger partial charge in [-0.1, -0.05) is 69.9 Å². The maximum Gasteiger partial charge on any atom is 0.338 e. The lowest BCUT2D eigenvalue weighted by atomic mass is 9.90. The third-order valence-corrected chi connectivity index (χ3v) is 10.9. The van der Waals surface area contributed by atoms with E-state index in [0.29, 0.717) is 24.0 Å². The van der Waals surface area contributed by atoms with Gasteiger partial charge in [-0.3, -0.25) is 14.4 Å². The predicted molar refractivity (Wildman–Crippen MR) is 223 cm³/mol. The van der Waals surface area contributed by atoms with E-state index in [2.05, 4.69) is 41.8 Å². The fraction of sp³-hybridized carbons (Fsp3) is 0.591. The number of carbonyl (C=O) groups is 4. The molecule has 2 aliphatic rings. The second kappa shape index (κ2) is 21.4. The highest BCUT2D eigenvalue weighted by atomic mass is 127. The summed E-state index contributed by atoms with van der Waals surface area (Å²) >= 11 is 2.18. The Morgan fingerprint density at radius 3 is 2.20 bits per heavy atom. The molecule has 5 atom stereocenters. The Balaban J connectivity index is 1.62. The number of rotatable bonds is 20. The molecule has 0 aromatic heterocycles. The third kappa shape index (κ3) is 13.4. The summed E-state index contributed by atoms with van der Waals surface area (Å²) in [4.78, 5) is 56.0. The lowest BCUT2D eigenvalue weighted by molar-refractivity contribution is -0.190. The van der Waals surface area contributed by atoms with Crippen molar-refractivity contribution in [3.63, 3.8) is 0 Å². The van der Waals surface area contributed by atoms with Crippen molar-refractivity contribution >= 4 is 46.3 Å². The lowest BCUT2D eigenvalue weighted by Gasteiger charge is -2.34. The predicted octanol–water partition coefficient (Wildman–Crippen LogP) is 7.46. The monoisotopic (exact) mass is 888 g/mol. The van der Waals surface area contributed by atoms with Crippen molar-refractivity contribution in [3.8, 4) is 0 Å². The Morgan fingerprint density at radius 1 is 0.964 bits per heavy atom. The van der Waals surface area contributed by atoms with E-state index in [1.807, 2.05) is 42.5 Å². The fourth-order valence-electron chi connectivity index (χ4n) is 7.18. The standard InChI is InChI=1S/C44H61IN2O9/c1-7-9-14-24-44(25-15-10-8-2)54-37-28-32(27-36(39(37)56-44)53-42(52)31-18-20-33(45)21-19-31)41(51)47(6)35(26-30-16-12-11-13-17-30)40(50)46-34(29-48)22-23-38(49)55-43(3,4)5/h11-13,16-21,28,34-37,39,48H,7-10,14-15,22-27,29H2,1-6H3,(H,46,50). The molecule has 1 aliphatic heterocycles. The van der Waals surface area contributed by atoms with Crippen LogP contribution in [0.1, 0.15) is 121 Å². The molecule has 1 aliphatic carbocycles. The van der Waals surface area contributed by atoms with Crippen LogP contribution in [-0.2, 0) is 39.8 Å². The van der Waals surface area contributed by atoms with Gasteiger partial charge in [0, 0.05) is 48.3 Å². The summed E-state index contributed by atoms with van der Waals surface area (Å²) in [6.07, 6.45) is 7.44. The van der Waals surface area contributed by atoms with Crippen molar-refractivity contribution in [3.05, 3.63) is 80.9 Å². The van der Waals surface area contributed by atoms with E-state index in [-0.39, 0.29) is 25.7 Å². The zero-order valence-corrected chi connectivity index (χ0v) is 36.0. The number of halogens is 1. The summed E-state index contributed by atoms with van der Waals surface area (Å²) in [5, 5.41) is 13.1. The smallest absolute Gasteiger partial charge is 0.338 e. The molecule has 11 nitrogen and oxygen atoms in total. The minimum atomic E-state index is -0.977. The van der Waals surface area contributed by atoms with E-state index in [9.17, 15) is 24.3 Å². The molecular weight excluding hydrogens is 827 g/mol. The van der Waals surface area contributed by atoms with Gasteiger partial charge in [0.15, 0.2) is 5.79 Å². The average molecular weight is 889 g/mol. The molecule has 2 aromatic carbocycles. The van der Waals surface area contributed by atoms with Gasteiger partial charge in [-0.25, -0.2) is 4.79 Å². The number of amides is 2. The Labute approximate surface area is 346 Å². The first kappa shape index (κ1) is 45.4. The molecular formula is C44H61IN2O9. The third-order valence-electron chi connectivity index (χ3n) is 10.2. The van der Waals surface area contributed by atoms with Crippen molar-refractivity contribution < 1.29 is 43.2 Å². The summed E-state index contributed by atoms with van der Waals surface area (Å²) in [5.74, 6) is -2.72. The normalized spacial score (nSPS) is 19.9. The summed E-state index contributed by atoms with van der Waals surface area (Å²) < 4.78 is 26.2. The number of esters is 2. The van der Waals surface area contributed by atoms with Gasteiger partial charge < -0.3 is 34.3 Å². The largest absolute Gasteiger partial charge is 0.460 e. The molecule has 4 rings (SSSR count). The maximum atomic E-state index is 14.6. The summed E-state index contributed by atoms with van der Waals surface area (Å²) in [5.41, 5.74) is 0.915. The number of likely N-dealkylation sites (N-methyl/N-ethyl adjacent to an activating group) is 1. The van der Waals surface area contributed by atoms with Crippen molar-refractivity contribution in [2.75, 3.05) is 13.7 Å². The van der Waals surface area contributed by atoms with Gasteiger partial charge >= 0.3 is 11.9 Å². The van der Waals surface area contributed by atoms with Gasteiger partial charge in [-0.15, -0.1) is 0 Å². The molecule has 0 radical (unpaired) electrons. The van der Waals surface area contributed by atoms with E-state index in [1.54, 1.807) is 46.0 Å². The number of aliphatic hydroxyl groups is 1. The van der Waals surface area contributed by atoms with E-state index < -0.39 is 72.1 Å². The molecule has 5 unspecified atom stereocenters. The molecule has 2 aromatic rings. The number of unbranched alkanes of at least 4 members (excludes halogenated alkanes) is 4. The van der Waals surface area contributed by atoms with Crippen molar-refractivity contribution in [2.24, 2.45) is 0 Å². The van der Waals surface area contributed by atoms with Crippen LogP contribution in [0.5, 0.6) is 0 Å². The SMILES string of the molecule is CCCCCC1(CCCCC)OC2C=C(C(=O)N(C)C(Cc3ccccc3)C(=O)NC(CO)CCC(=O)OC(C)(C)C)CC(OC(=O)c3ccc(I)cc3)C2O1. The van der Waals surface area contributed by atoms with Gasteiger partial charge in [0.1, 0.15) is 30.0 Å². The highest BCUT2D eigenvalue weighted by Crippen LogP contribution is 2.43. The zero-order chi connectivity index (χ0) is 40.9. The van der Waals surface area contributed by atoms with Gasteiger partial charge in [0.2, 0.25) is 11.8 Å². The van der Waals surface area contributed by atoms with Gasteiger partial charge in [-0.2, -0.15) is 0 Å². The summed E-state index contributed by atoms with van der Waals surface area (Å²) in [6, 6.07) is 14.8. The number of hydrogen-bond donors (Lipinski definition) is 2. The van der Waals surface area contributed by atoms with Crippen LogP contribution in [-0.4, -0.2) is 89.2 Å². The number of fused-ring (bicyclic) bond motifs is 1. The van der Waals surface area contributed by atoms with Gasteiger partial charge in [0.05, 0.1) is 18.2 Å². The molecule has 12 heteroatoms. The first-order chi connectivity index (χ1) is 26.7. The quantitative estimate of drug-likeness (QED) is 0.0788. The van der Waals surface area contributed by atoms with Crippen LogP contribution in [0.3, 0.4) is 0 Å². The summed E-state index contributed by atoms with van der Waals surface area (Å²) in [6.45, 7) is 9.23. The fourth-order valence-corrected chi connectivity index (χ4v) is 7.54. The highest BCUT2D eigenvalue weighted by Gasteiger charge is 2.52. The number of carbonyl (C=O) groups excluding carboxylic acids is 4. The second-order valence-electron chi connectivity index (χ2n) is 16.0. The Kier molecular flexibility index (Phi) is 17.4. The molecule has 2 amide bonds. The Hall–Kier alpha value is -3.33. The van der Waals surface area contributed by atoms with Crippen molar-refractivity contribution in [2.45, 2.75) is 153 Å². The van der Waals surface area contributed by atoms with Crippen LogP contribution >= 0.6 is 22.6 Å². The number of aliphatic hydroxyl groups excluding tert-OH is 1. The minimum absolute atomic E-state index is 0.000879. The average Bonchev–Trinajstić information content (AvgIpc) is 3.53. The van der Waals surface area contributed by atoms with E-state index in [4.69, 9.17) is 18.9 Å². The number of nitrogens with one attached hydrogen (secondary N) is 1. The molecule has 308 valence electrons. The molecule has 2 N–H and O–H groups in total. The molecule has 0 saturated carbocycles. The van der Waals surface area contributed by atoms with E-state index >= 15 is 0 Å². The van der Waals surface area contributed by atoms with Crippen LogP contribution in [0.4, 0.5) is 0 Å². The van der Waals surface area contributed by atoms with Crippen LogP contribution in [0.2, 0.25) is 0 Å². The Bertz CT molecular complexity index is 1610. The highest BCUT2D eigenvalue weighted by molar-refractivity contribution is 14.1. The first-order valence-electron chi connectivity index (χ1n) is 20.1. The first-order valence-corrected chi connectivity index (χ1v) is 21.2. The van der Waals surface area contributed by atoms with Crippen molar-refractivity contribution in [1.29, 1.82) is 0 Å². The van der Waals surface area contributed by atoms with E-state index in [0.717, 1.165) is 47.7 Å². The number of hydrogen-bond acceptors (Lipinski definition) is 9. The van der Waals surface area contributed by atoms with E-state index in [1.165, 1.54) is 4.90 Å². The minimum Gasteiger partial charge on any atom is -0.460 e. The number of benzene rings is 2. The van der Waals surface area contributed by atoms with Crippen LogP contribution < -0.4 is 5.32 Å². The topological polar surface area (TPSA) is 141 Å². The number of nitrogens with zero attached hydrogens (tertiary/aromatic N) is 1. The van der Waals surface area contributed by atoms with Gasteiger partial charge in [0.25, 0.3) is 0 Å². The number of ether oxygens (including phenoxy) is 4. The molecule has 1 fully saturated rings. The molecule has 56 heavy (non-hydrogen) atoms. The maximum absolute atomic E-state index is 14.6.